The first-order valence-corrected chi connectivity index (χ1v) is 7.06. The van der Waals surface area contributed by atoms with Gasteiger partial charge in [0, 0.05) is 18.7 Å². The number of halogens is 1. The maximum absolute atomic E-state index is 14.9. The predicted octanol–water partition coefficient (Wildman–Crippen LogP) is 2.40. The van der Waals surface area contributed by atoms with E-state index < -0.39 is 5.82 Å². The van der Waals surface area contributed by atoms with Crippen LogP contribution in [0.15, 0.2) is 10.6 Å². The fraction of sp³-hybridized carbons (Fsp3) is 0.467. The maximum atomic E-state index is 14.9. The van der Waals surface area contributed by atoms with Crippen LogP contribution in [0.25, 0.3) is 11.0 Å². The van der Waals surface area contributed by atoms with Crippen molar-refractivity contribution in [1.82, 2.24) is 5.16 Å². The van der Waals surface area contributed by atoms with Crippen molar-refractivity contribution >= 4 is 22.9 Å². The van der Waals surface area contributed by atoms with Crippen molar-refractivity contribution in [3.8, 4) is 5.88 Å². The van der Waals surface area contributed by atoms with Crippen molar-refractivity contribution in [2.75, 3.05) is 25.1 Å². The zero-order chi connectivity index (χ0) is 15.9. The largest absolute Gasteiger partial charge is 0.478 e. The third kappa shape index (κ3) is 2.31. The van der Waals surface area contributed by atoms with E-state index in [-0.39, 0.29) is 34.9 Å². The van der Waals surface area contributed by atoms with E-state index in [1.165, 1.54) is 7.11 Å². The molecule has 1 saturated heterocycles. The van der Waals surface area contributed by atoms with Crippen LogP contribution in [-0.4, -0.2) is 43.9 Å². The van der Waals surface area contributed by atoms with E-state index >= 15 is 0 Å². The Bertz CT molecular complexity index is 705. The lowest BCUT2D eigenvalue weighted by Crippen LogP contribution is -2.46. The maximum Gasteiger partial charge on any atom is 0.261 e. The summed E-state index contributed by atoms with van der Waals surface area (Å²) >= 11 is 0. The van der Waals surface area contributed by atoms with Crippen LogP contribution >= 0.6 is 0 Å². The Morgan fingerprint density at radius 3 is 2.68 bits per heavy atom. The number of hydrogen-bond acceptors (Lipinski definition) is 6. The lowest BCUT2D eigenvalue weighted by molar-refractivity contribution is -0.00542. The van der Waals surface area contributed by atoms with Gasteiger partial charge in [-0.3, -0.25) is 4.79 Å². The van der Waals surface area contributed by atoms with Crippen molar-refractivity contribution in [3.63, 3.8) is 0 Å². The molecule has 1 aliphatic rings. The van der Waals surface area contributed by atoms with E-state index in [2.05, 4.69) is 5.16 Å². The molecule has 0 bridgehead atoms. The molecule has 22 heavy (non-hydrogen) atoms. The van der Waals surface area contributed by atoms with Gasteiger partial charge in [0.05, 0.1) is 30.4 Å². The number of nitrogens with zero attached hydrogens (tertiary/aromatic N) is 2. The van der Waals surface area contributed by atoms with Gasteiger partial charge in [0.2, 0.25) is 5.58 Å². The topological polar surface area (TPSA) is 64.8 Å². The van der Waals surface area contributed by atoms with E-state index in [9.17, 15) is 9.18 Å². The van der Waals surface area contributed by atoms with Crippen LogP contribution in [0.3, 0.4) is 0 Å². The molecule has 1 fully saturated rings. The first kappa shape index (κ1) is 14.8. The number of carbonyl (C=O) groups is 1. The number of methoxy groups -OCH3 is 1. The highest BCUT2D eigenvalue weighted by atomic mass is 19.1. The van der Waals surface area contributed by atoms with Crippen LogP contribution in [-0.2, 0) is 4.74 Å². The van der Waals surface area contributed by atoms with E-state index in [1.807, 2.05) is 18.7 Å². The van der Waals surface area contributed by atoms with Crippen molar-refractivity contribution in [3.05, 3.63) is 17.4 Å². The highest BCUT2D eigenvalue weighted by Crippen LogP contribution is 2.36. The second kappa shape index (κ2) is 5.57. The normalized spacial score (nSPS) is 22.1. The number of ether oxygens (including phenoxy) is 2. The fourth-order valence-electron chi connectivity index (χ4n) is 2.95. The van der Waals surface area contributed by atoms with E-state index in [1.54, 1.807) is 6.07 Å². The molecule has 0 saturated carbocycles. The molecule has 0 aliphatic carbocycles. The standard InChI is InChI=1S/C15H17FN2O4/c1-8-5-18(6-9(2)21-8)13-10(7-19)4-11-14(12(13)16)22-17-15(11)20-3/h4,7-9H,5-6H2,1-3H3/t8-,9+. The number of benzene rings is 1. The van der Waals surface area contributed by atoms with Gasteiger partial charge in [-0.1, -0.05) is 0 Å². The van der Waals surface area contributed by atoms with Crippen LogP contribution in [0.5, 0.6) is 5.88 Å². The van der Waals surface area contributed by atoms with Gasteiger partial charge in [-0.2, -0.15) is 0 Å². The average molecular weight is 308 g/mol. The number of fused-ring (bicyclic) bond motifs is 1. The zero-order valence-electron chi connectivity index (χ0n) is 12.6. The van der Waals surface area contributed by atoms with Crippen LogP contribution in [0.4, 0.5) is 10.1 Å². The monoisotopic (exact) mass is 308 g/mol. The molecule has 1 aliphatic heterocycles. The molecule has 1 aromatic carbocycles. The molecule has 1 aromatic heterocycles. The minimum Gasteiger partial charge on any atom is -0.478 e. The Hall–Kier alpha value is -2.15. The number of aromatic nitrogens is 1. The number of rotatable bonds is 3. The van der Waals surface area contributed by atoms with Gasteiger partial charge in [-0.25, -0.2) is 4.39 Å². The highest BCUT2D eigenvalue weighted by Gasteiger charge is 2.29. The average Bonchev–Trinajstić information content (AvgIpc) is 2.89. The quantitative estimate of drug-likeness (QED) is 0.811. The number of aldehydes is 1. The summed E-state index contributed by atoms with van der Waals surface area (Å²) in [6, 6.07) is 1.54. The summed E-state index contributed by atoms with van der Waals surface area (Å²) in [5.74, 6) is -0.441. The van der Waals surface area contributed by atoms with E-state index in [4.69, 9.17) is 14.0 Å². The predicted molar refractivity (Wildman–Crippen MR) is 78.1 cm³/mol. The number of carbonyl (C=O) groups excluding carboxylic acids is 1. The summed E-state index contributed by atoms with van der Waals surface area (Å²) in [6.45, 7) is 4.83. The SMILES string of the molecule is COc1noc2c(F)c(N3C[C@@H](C)O[C@@H](C)C3)c(C=O)cc12. The van der Waals surface area contributed by atoms with Gasteiger partial charge in [0.15, 0.2) is 12.1 Å². The van der Waals surface area contributed by atoms with Gasteiger partial charge in [-0.15, -0.1) is 0 Å². The molecule has 2 atom stereocenters. The third-order valence-electron chi connectivity index (χ3n) is 3.73. The van der Waals surface area contributed by atoms with Crippen molar-refractivity contribution in [1.29, 1.82) is 0 Å². The third-order valence-corrected chi connectivity index (χ3v) is 3.73. The molecule has 2 heterocycles. The second-order valence-corrected chi connectivity index (χ2v) is 5.48. The minimum absolute atomic E-state index is 0.00996. The summed E-state index contributed by atoms with van der Waals surface area (Å²) in [5.41, 5.74) is 0.459. The summed E-state index contributed by atoms with van der Waals surface area (Å²) in [6.07, 6.45) is 0.528. The van der Waals surface area contributed by atoms with Crippen LogP contribution < -0.4 is 9.64 Å². The number of hydrogen-bond donors (Lipinski definition) is 0. The molecule has 0 unspecified atom stereocenters. The van der Waals surface area contributed by atoms with Gasteiger partial charge < -0.3 is 18.9 Å². The Balaban J connectivity index is 2.16. The van der Waals surface area contributed by atoms with Crippen LogP contribution in [0.1, 0.15) is 24.2 Å². The van der Waals surface area contributed by atoms with Crippen LogP contribution in [0, 0.1) is 5.82 Å². The smallest absolute Gasteiger partial charge is 0.261 e. The summed E-state index contributed by atoms with van der Waals surface area (Å²) in [7, 11) is 1.41. The summed E-state index contributed by atoms with van der Waals surface area (Å²) < 4.78 is 30.6. The second-order valence-electron chi connectivity index (χ2n) is 5.48. The first-order valence-electron chi connectivity index (χ1n) is 7.06. The van der Waals surface area contributed by atoms with Crippen molar-refractivity contribution in [2.24, 2.45) is 0 Å². The van der Waals surface area contributed by atoms with Gasteiger partial charge in [0.25, 0.3) is 5.88 Å². The molecule has 2 aromatic rings. The highest BCUT2D eigenvalue weighted by molar-refractivity contribution is 5.96. The Labute approximate surface area is 126 Å². The Morgan fingerprint density at radius 2 is 2.09 bits per heavy atom. The van der Waals surface area contributed by atoms with E-state index in [0.717, 1.165) is 0 Å². The Kier molecular flexibility index (Phi) is 3.74. The van der Waals surface area contributed by atoms with Crippen molar-refractivity contribution < 1.29 is 23.2 Å². The molecule has 0 spiro atoms. The zero-order valence-corrected chi connectivity index (χ0v) is 12.6. The molecule has 0 radical (unpaired) electrons. The molecule has 118 valence electrons. The minimum atomic E-state index is -0.600. The lowest BCUT2D eigenvalue weighted by atomic mass is 10.1. The van der Waals surface area contributed by atoms with Crippen molar-refractivity contribution in [2.45, 2.75) is 26.1 Å². The summed E-state index contributed by atoms with van der Waals surface area (Å²) in [4.78, 5) is 13.2. The first-order chi connectivity index (χ1) is 10.5. The fourth-order valence-corrected chi connectivity index (χ4v) is 2.95. The van der Waals surface area contributed by atoms with Gasteiger partial charge in [-0.05, 0) is 25.1 Å². The van der Waals surface area contributed by atoms with Gasteiger partial charge in [0.1, 0.15) is 0 Å². The molecule has 3 rings (SSSR count). The summed E-state index contributed by atoms with van der Waals surface area (Å²) in [5, 5.41) is 4.02. The number of morpholine rings is 1. The molecular weight excluding hydrogens is 291 g/mol. The number of anilines is 1. The molecular formula is C15H17FN2O4. The Morgan fingerprint density at radius 1 is 1.41 bits per heavy atom. The van der Waals surface area contributed by atoms with Gasteiger partial charge >= 0.3 is 0 Å². The molecule has 0 N–H and O–H groups in total. The molecule has 0 amide bonds. The van der Waals surface area contributed by atoms with Crippen LogP contribution in [0.2, 0.25) is 0 Å². The lowest BCUT2D eigenvalue weighted by Gasteiger charge is -2.37. The molecule has 7 heteroatoms. The van der Waals surface area contributed by atoms with E-state index in [0.29, 0.717) is 24.8 Å². The molecule has 6 nitrogen and oxygen atoms in total.